The number of aliphatic hydroxyl groups excluding tert-OH is 2. The topological polar surface area (TPSA) is 364 Å². The molecule has 8 atom stereocenters. The third-order valence-corrected chi connectivity index (χ3v) is 15.7. The van der Waals surface area contributed by atoms with E-state index in [1.165, 1.54) is 97.3 Å². The molecule has 70 heavy (non-hydrogen) atoms. The predicted octanol–water partition coefficient (Wildman–Crippen LogP) is 5.95. The average molecular weight is 1080 g/mol. The number of phosphoric ester groups is 3. The molecule has 8 unspecified atom stereocenters. The Hall–Kier alpha value is -2.44. The number of phosphoric acid groups is 3. The first-order valence-electron chi connectivity index (χ1n) is 24.0. The van der Waals surface area contributed by atoms with Crippen LogP contribution in [0.2, 0.25) is 0 Å². The quantitative estimate of drug-likeness (QED) is 0.0279. The van der Waals surface area contributed by atoms with Gasteiger partial charge in [-0.15, -0.1) is 0 Å². The molecule has 1 aliphatic rings. The lowest BCUT2D eigenvalue weighted by Gasteiger charge is -2.30. The van der Waals surface area contributed by atoms with Gasteiger partial charge in [0.25, 0.3) is 0 Å². The van der Waals surface area contributed by atoms with Crippen molar-refractivity contribution in [1.82, 2.24) is 30.2 Å². The summed E-state index contributed by atoms with van der Waals surface area (Å²) in [5.74, 6) is -0.167. The molecule has 2 aromatic rings. The number of anilines is 1. The second kappa shape index (κ2) is 30.7. The van der Waals surface area contributed by atoms with Crippen molar-refractivity contribution >= 4 is 69.1 Å². The van der Waals surface area contributed by atoms with Gasteiger partial charge in [-0.25, -0.2) is 28.6 Å². The lowest BCUT2D eigenvalue weighted by Crippen LogP contribution is -2.46. The minimum atomic E-state index is -5.58. The largest absolute Gasteiger partial charge is 0.481 e. The molecule has 3 heterocycles. The first kappa shape index (κ1) is 61.9. The Bertz CT molecular complexity index is 2070. The molecule has 0 bridgehead atoms. The van der Waals surface area contributed by atoms with Gasteiger partial charge < -0.3 is 50.9 Å². The molecule has 2 aromatic heterocycles. The SMILES string of the molecule is CCCCCCC(C)CCCCCCCCCCCCC(=O)SCCNC(=O)CCNC(=O)C(O)C(C)(C)COP(=O)(O)OP(=O)(O)OCC1OC(n2cnc3c(N)ncnc32)C(O)C1OP(=O)(O)O. The van der Waals surface area contributed by atoms with Gasteiger partial charge in [-0.05, 0) is 12.3 Å². The summed E-state index contributed by atoms with van der Waals surface area (Å²) in [4.78, 5) is 88.5. The Kier molecular flexibility index (Phi) is 27.1. The summed E-state index contributed by atoms with van der Waals surface area (Å²) in [6.45, 7) is 5.23. The number of aliphatic hydroxyl groups is 2. The highest BCUT2D eigenvalue weighted by atomic mass is 32.2. The van der Waals surface area contributed by atoms with Gasteiger partial charge in [0.05, 0.1) is 19.5 Å². The molecule has 0 saturated carbocycles. The summed E-state index contributed by atoms with van der Waals surface area (Å²) >= 11 is 1.16. The molecule has 402 valence electrons. The number of nitrogens with zero attached hydrogens (tertiary/aromatic N) is 4. The number of hydrogen-bond donors (Lipinski definition) is 9. The summed E-state index contributed by atoms with van der Waals surface area (Å²) in [5.41, 5.74) is 4.29. The van der Waals surface area contributed by atoms with E-state index in [9.17, 15) is 57.9 Å². The predicted molar refractivity (Wildman–Crippen MR) is 260 cm³/mol. The maximum atomic E-state index is 12.8. The number of nitrogens with two attached hydrogens (primary N) is 1. The number of thioether (sulfide) groups is 1. The van der Waals surface area contributed by atoms with Gasteiger partial charge in [-0.1, -0.05) is 136 Å². The van der Waals surface area contributed by atoms with Crippen LogP contribution in [0.4, 0.5) is 5.82 Å². The second-order valence-electron chi connectivity index (χ2n) is 18.3. The van der Waals surface area contributed by atoms with Crippen LogP contribution in [0.5, 0.6) is 0 Å². The van der Waals surface area contributed by atoms with Crippen LogP contribution in [-0.4, -0.2) is 123 Å². The van der Waals surface area contributed by atoms with E-state index in [2.05, 4.69) is 48.3 Å². The number of fused-ring (bicyclic) bond motifs is 1. The molecule has 2 amide bonds. The number of nitrogen functional groups attached to an aromatic ring is 1. The van der Waals surface area contributed by atoms with Crippen LogP contribution in [0.25, 0.3) is 11.2 Å². The molecule has 24 nitrogen and oxygen atoms in total. The number of carbonyl (C=O) groups excluding carboxylic acids is 3. The fourth-order valence-electron chi connectivity index (χ4n) is 7.61. The number of unbranched alkanes of at least 4 members (excludes halogenated alkanes) is 12. The zero-order valence-corrected chi connectivity index (χ0v) is 44.2. The normalized spacial score (nSPS) is 20.2. The molecule has 0 radical (unpaired) electrons. The van der Waals surface area contributed by atoms with Crippen molar-refractivity contribution in [1.29, 1.82) is 0 Å². The van der Waals surface area contributed by atoms with Crippen molar-refractivity contribution in [2.24, 2.45) is 11.3 Å². The number of nitrogens with one attached hydrogen (secondary N) is 2. The minimum Gasteiger partial charge on any atom is -0.386 e. The fraction of sp³-hybridized carbons (Fsp3) is 0.810. The van der Waals surface area contributed by atoms with Crippen molar-refractivity contribution < 1.29 is 80.5 Å². The van der Waals surface area contributed by atoms with Gasteiger partial charge in [-0.3, -0.25) is 32.5 Å². The van der Waals surface area contributed by atoms with E-state index in [4.69, 9.17) is 19.5 Å². The Morgan fingerprint density at radius 1 is 0.857 bits per heavy atom. The van der Waals surface area contributed by atoms with Crippen LogP contribution in [-0.2, 0) is 50.7 Å². The zero-order chi connectivity index (χ0) is 52.0. The van der Waals surface area contributed by atoms with Crippen LogP contribution in [0.1, 0.15) is 149 Å². The molecule has 1 aliphatic heterocycles. The second-order valence-corrected chi connectivity index (χ2v) is 23.7. The Morgan fingerprint density at radius 2 is 1.46 bits per heavy atom. The summed E-state index contributed by atoms with van der Waals surface area (Å²) in [5, 5.41) is 26.7. The standard InChI is InChI=1S/C42H76N7O17P3S/c1-5-6-7-16-19-30(2)20-17-14-12-10-8-9-11-13-15-18-21-33(51)70-25-24-44-32(50)22-23-45-40(54)37(53)42(3,4)27-63-69(60,61)66-68(58,59)62-26-31-36(65-67(55,56)57)35(52)41(64-31)49-29-48-34-38(43)46-28-47-39(34)49/h28-31,35-37,41,52-53H,5-27H2,1-4H3,(H,44,50)(H,45,54)(H,58,59)(H,60,61)(H2,43,46,47)(H2,55,56,57). The van der Waals surface area contributed by atoms with Gasteiger partial charge in [0, 0.05) is 37.1 Å². The van der Waals surface area contributed by atoms with E-state index in [1.807, 2.05) is 0 Å². The Labute approximate surface area is 414 Å². The van der Waals surface area contributed by atoms with Crippen LogP contribution in [0, 0.1) is 11.3 Å². The fourth-order valence-corrected chi connectivity index (χ4v) is 11.2. The van der Waals surface area contributed by atoms with Crippen molar-refractivity contribution in [2.75, 3.05) is 37.8 Å². The van der Waals surface area contributed by atoms with Crippen molar-refractivity contribution in [2.45, 2.75) is 174 Å². The van der Waals surface area contributed by atoms with Crippen molar-refractivity contribution in [3.05, 3.63) is 12.7 Å². The molecule has 3 rings (SSSR count). The Morgan fingerprint density at radius 3 is 2.09 bits per heavy atom. The lowest BCUT2D eigenvalue weighted by atomic mass is 9.87. The van der Waals surface area contributed by atoms with Crippen molar-refractivity contribution in [3.8, 4) is 0 Å². The highest BCUT2D eigenvalue weighted by Gasteiger charge is 2.50. The smallest absolute Gasteiger partial charge is 0.386 e. The molecule has 1 saturated heterocycles. The Balaban J connectivity index is 1.27. The van der Waals surface area contributed by atoms with Crippen molar-refractivity contribution in [3.63, 3.8) is 0 Å². The molecule has 1 fully saturated rings. The summed E-state index contributed by atoms with van der Waals surface area (Å²) in [7, 11) is -16.4. The third kappa shape index (κ3) is 23.2. The van der Waals surface area contributed by atoms with Crippen LogP contribution in [0.3, 0.4) is 0 Å². The van der Waals surface area contributed by atoms with Gasteiger partial charge in [0.1, 0.15) is 36.3 Å². The molecule has 10 N–H and O–H groups in total. The number of amides is 2. The van der Waals surface area contributed by atoms with Crippen LogP contribution >= 0.6 is 35.2 Å². The zero-order valence-electron chi connectivity index (χ0n) is 40.7. The maximum absolute atomic E-state index is 12.8. The van der Waals surface area contributed by atoms with E-state index in [1.54, 1.807) is 0 Å². The van der Waals surface area contributed by atoms with E-state index in [0.29, 0.717) is 12.2 Å². The number of hydrogen-bond acceptors (Lipinski definition) is 18. The molecule has 0 aliphatic carbocycles. The summed E-state index contributed by atoms with van der Waals surface area (Å²) < 4.78 is 62.5. The highest BCUT2D eigenvalue weighted by Crippen LogP contribution is 2.61. The van der Waals surface area contributed by atoms with E-state index >= 15 is 0 Å². The minimum absolute atomic E-state index is 0.0341. The van der Waals surface area contributed by atoms with Gasteiger partial charge in [0.2, 0.25) is 11.8 Å². The molecular formula is C42H76N7O17P3S. The van der Waals surface area contributed by atoms with E-state index in [-0.39, 0.29) is 41.6 Å². The highest BCUT2D eigenvalue weighted by molar-refractivity contribution is 8.13. The monoisotopic (exact) mass is 1080 g/mol. The molecule has 0 spiro atoms. The first-order valence-corrected chi connectivity index (χ1v) is 29.5. The number of rotatable bonds is 37. The first-order chi connectivity index (χ1) is 32.9. The van der Waals surface area contributed by atoms with E-state index < -0.39 is 84.6 Å². The lowest BCUT2D eigenvalue weighted by molar-refractivity contribution is -0.137. The molecular weight excluding hydrogens is 999 g/mol. The molecule has 28 heteroatoms. The van der Waals surface area contributed by atoms with Crippen LogP contribution < -0.4 is 16.4 Å². The van der Waals surface area contributed by atoms with Gasteiger partial charge >= 0.3 is 23.5 Å². The number of ether oxygens (including phenoxy) is 1. The third-order valence-electron chi connectivity index (χ3n) is 11.6. The van der Waals surface area contributed by atoms with Gasteiger partial charge in [-0.2, -0.15) is 4.31 Å². The van der Waals surface area contributed by atoms with Crippen LogP contribution in [0.15, 0.2) is 12.7 Å². The average Bonchev–Trinajstić information content (AvgIpc) is 3.85. The maximum Gasteiger partial charge on any atom is 0.481 e. The number of carbonyl (C=O) groups is 3. The number of imidazole rings is 1. The summed E-state index contributed by atoms with van der Waals surface area (Å²) in [6.07, 6.45) is 13.7. The number of aromatic nitrogens is 4. The molecule has 0 aromatic carbocycles. The summed E-state index contributed by atoms with van der Waals surface area (Å²) in [6, 6.07) is 0. The van der Waals surface area contributed by atoms with Gasteiger partial charge in [0.15, 0.2) is 22.8 Å². The van der Waals surface area contributed by atoms with E-state index in [0.717, 1.165) is 54.2 Å².